The van der Waals surface area contributed by atoms with Crippen molar-refractivity contribution >= 4 is 20.0 Å². The van der Waals surface area contributed by atoms with E-state index in [1.165, 1.54) is 6.92 Å². The number of carbonyl (C=O) groups is 2. The average Bonchev–Trinajstić information content (AvgIpc) is 2.99. The van der Waals surface area contributed by atoms with Crippen LogP contribution < -0.4 is 11.2 Å². The first-order chi connectivity index (χ1) is 14.6. The Labute approximate surface area is 178 Å². The topological polar surface area (TPSA) is 163 Å². The van der Waals surface area contributed by atoms with Gasteiger partial charge in [0.1, 0.15) is 31.2 Å². The van der Waals surface area contributed by atoms with E-state index in [1.54, 1.807) is 13.8 Å². The van der Waals surface area contributed by atoms with Crippen molar-refractivity contribution in [2.45, 2.75) is 58.2 Å². The van der Waals surface area contributed by atoms with Gasteiger partial charge in [-0.25, -0.2) is 4.79 Å². The van der Waals surface area contributed by atoms with Gasteiger partial charge in [-0.1, -0.05) is 0 Å². The summed E-state index contributed by atoms with van der Waals surface area (Å²) >= 11 is 0. The largest absolute Gasteiger partial charge is 0.697 e. The number of hydrogen-bond donors (Lipinski definition) is 2. The van der Waals surface area contributed by atoms with Crippen molar-refractivity contribution in [3.8, 4) is 0 Å². The third kappa shape index (κ3) is 7.15. The SMILES string of the molecule is CC(=O)C1C(CO[P+](=O)OCCCC(=O)OC(C)C)OC(n2ccc(=O)[nH]c2=O)C1O. The lowest BCUT2D eigenvalue weighted by Gasteiger charge is -2.17. The number of aliphatic hydroxyl groups is 1. The van der Waals surface area contributed by atoms with E-state index in [4.69, 9.17) is 18.5 Å². The van der Waals surface area contributed by atoms with Gasteiger partial charge < -0.3 is 14.6 Å². The van der Waals surface area contributed by atoms with Crippen LogP contribution in [0, 0.1) is 5.92 Å². The molecule has 0 amide bonds. The summed E-state index contributed by atoms with van der Waals surface area (Å²) in [7, 11) is -2.57. The Balaban J connectivity index is 1.89. The number of H-pyrrole nitrogens is 1. The van der Waals surface area contributed by atoms with Crippen molar-refractivity contribution in [2.75, 3.05) is 13.2 Å². The Kier molecular flexibility index (Phi) is 9.20. The molecule has 172 valence electrons. The second-order valence-corrected chi connectivity index (χ2v) is 8.17. The van der Waals surface area contributed by atoms with Crippen LogP contribution in [0.15, 0.2) is 21.9 Å². The Morgan fingerprint density at radius 2 is 2.03 bits per heavy atom. The number of Topliss-reactive ketones (excluding diaryl/α,β-unsaturated/α-hetero) is 1. The van der Waals surface area contributed by atoms with Crippen LogP contribution in [0.4, 0.5) is 0 Å². The number of carbonyl (C=O) groups excluding carboxylic acids is 2. The minimum Gasteiger partial charge on any atom is -0.463 e. The Morgan fingerprint density at radius 1 is 1.32 bits per heavy atom. The number of aromatic nitrogens is 2. The highest BCUT2D eigenvalue weighted by Crippen LogP contribution is 2.36. The number of esters is 1. The lowest BCUT2D eigenvalue weighted by atomic mass is 9.94. The van der Waals surface area contributed by atoms with Gasteiger partial charge in [-0.05, 0) is 27.2 Å². The van der Waals surface area contributed by atoms with Crippen LogP contribution in [0.3, 0.4) is 0 Å². The molecule has 12 nitrogen and oxygen atoms in total. The predicted octanol–water partition coefficient (Wildman–Crippen LogP) is 0.423. The molecule has 0 spiro atoms. The number of aromatic amines is 1. The molecule has 31 heavy (non-hydrogen) atoms. The molecule has 13 heteroatoms. The highest BCUT2D eigenvalue weighted by Gasteiger charge is 2.48. The molecule has 5 unspecified atom stereocenters. The second kappa shape index (κ2) is 11.4. The quantitative estimate of drug-likeness (QED) is 0.268. The van der Waals surface area contributed by atoms with E-state index < -0.39 is 55.6 Å². The van der Waals surface area contributed by atoms with Crippen molar-refractivity contribution in [3.63, 3.8) is 0 Å². The molecule has 0 radical (unpaired) electrons. The molecule has 1 aliphatic rings. The Morgan fingerprint density at radius 3 is 2.65 bits per heavy atom. The molecular formula is C18H26N2O10P+. The molecule has 0 aliphatic carbocycles. The van der Waals surface area contributed by atoms with Gasteiger partial charge in [0.15, 0.2) is 6.23 Å². The molecule has 0 saturated carbocycles. The van der Waals surface area contributed by atoms with E-state index in [1.807, 2.05) is 4.98 Å². The maximum atomic E-state index is 12.0. The minimum absolute atomic E-state index is 0.0118. The fraction of sp³-hybridized carbons (Fsp3) is 0.667. The Bertz CT molecular complexity index is 911. The lowest BCUT2D eigenvalue weighted by molar-refractivity contribution is -0.147. The number of nitrogens with one attached hydrogen (secondary N) is 1. The van der Waals surface area contributed by atoms with E-state index in [0.29, 0.717) is 0 Å². The van der Waals surface area contributed by atoms with Gasteiger partial charge in [-0.3, -0.25) is 23.9 Å². The molecule has 1 aliphatic heterocycles. The van der Waals surface area contributed by atoms with Gasteiger partial charge in [0.05, 0.1) is 12.0 Å². The highest BCUT2D eigenvalue weighted by molar-refractivity contribution is 7.33. The zero-order chi connectivity index (χ0) is 23.1. The van der Waals surface area contributed by atoms with Gasteiger partial charge in [-0.15, -0.1) is 9.05 Å². The molecule has 1 fully saturated rings. The summed E-state index contributed by atoms with van der Waals surface area (Å²) < 4.78 is 33.5. The number of hydrogen-bond acceptors (Lipinski definition) is 10. The number of rotatable bonds is 11. The van der Waals surface area contributed by atoms with E-state index in [9.17, 15) is 28.8 Å². The summed E-state index contributed by atoms with van der Waals surface area (Å²) in [5.74, 6) is -1.85. The smallest absolute Gasteiger partial charge is 0.463 e. The monoisotopic (exact) mass is 461 g/mol. The first-order valence-corrected chi connectivity index (χ1v) is 10.8. The minimum atomic E-state index is -2.57. The summed E-state index contributed by atoms with van der Waals surface area (Å²) in [4.78, 5) is 48.7. The summed E-state index contributed by atoms with van der Waals surface area (Å²) in [6, 6.07) is 1.08. The van der Waals surface area contributed by atoms with Gasteiger partial charge in [0.25, 0.3) is 5.56 Å². The number of ketones is 1. The molecule has 2 N–H and O–H groups in total. The van der Waals surface area contributed by atoms with Crippen LogP contribution >= 0.6 is 8.25 Å². The van der Waals surface area contributed by atoms with Gasteiger partial charge >= 0.3 is 19.9 Å². The van der Waals surface area contributed by atoms with Crippen LogP contribution in [-0.4, -0.2) is 57.9 Å². The summed E-state index contributed by atoms with van der Waals surface area (Å²) in [6.45, 7) is 4.35. The summed E-state index contributed by atoms with van der Waals surface area (Å²) in [6.07, 6.45) is -2.33. The van der Waals surface area contributed by atoms with Crippen molar-refractivity contribution in [3.05, 3.63) is 33.1 Å². The predicted molar refractivity (Wildman–Crippen MR) is 105 cm³/mol. The third-order valence-corrected chi connectivity index (χ3v) is 5.16. The van der Waals surface area contributed by atoms with Gasteiger partial charge in [0.2, 0.25) is 0 Å². The van der Waals surface area contributed by atoms with E-state index >= 15 is 0 Å². The zero-order valence-electron chi connectivity index (χ0n) is 17.4. The number of ether oxygens (including phenoxy) is 2. The average molecular weight is 461 g/mol. The van der Waals surface area contributed by atoms with E-state index in [0.717, 1.165) is 16.8 Å². The highest BCUT2D eigenvalue weighted by atomic mass is 31.1. The molecule has 0 aromatic carbocycles. The molecular weight excluding hydrogens is 435 g/mol. The lowest BCUT2D eigenvalue weighted by Crippen LogP contribution is -2.37. The molecule has 0 bridgehead atoms. The van der Waals surface area contributed by atoms with Gasteiger partial charge in [0, 0.05) is 23.2 Å². The first-order valence-electron chi connectivity index (χ1n) is 9.68. The number of aliphatic hydroxyl groups excluding tert-OH is 1. The van der Waals surface area contributed by atoms with Crippen molar-refractivity contribution in [2.24, 2.45) is 5.92 Å². The summed E-state index contributed by atoms with van der Waals surface area (Å²) in [5.41, 5.74) is -1.44. The first kappa shape index (κ1) is 25.0. The summed E-state index contributed by atoms with van der Waals surface area (Å²) in [5, 5.41) is 10.5. The second-order valence-electron chi connectivity index (χ2n) is 7.20. The van der Waals surface area contributed by atoms with Crippen LogP contribution in [-0.2, 0) is 32.7 Å². The maximum Gasteiger partial charge on any atom is 0.697 e. The van der Waals surface area contributed by atoms with Crippen LogP contribution in [0.25, 0.3) is 0 Å². The fourth-order valence-electron chi connectivity index (χ4n) is 3.09. The molecule has 1 aromatic rings. The van der Waals surface area contributed by atoms with Crippen molar-refractivity contribution < 1.29 is 37.8 Å². The number of nitrogens with zero attached hydrogens (tertiary/aromatic N) is 1. The van der Waals surface area contributed by atoms with Gasteiger partial charge in [-0.2, -0.15) is 0 Å². The maximum absolute atomic E-state index is 12.0. The third-order valence-electron chi connectivity index (χ3n) is 4.40. The standard InChI is InChI=1S/C18H25N2O10P/c1-10(2)29-14(23)5-4-8-27-31(26)28-9-12-15(11(3)21)16(24)17(30-12)20-7-6-13(22)19-18(20)25/h6-7,10,12,15-17,24H,4-5,8-9H2,1-3H3/p+1. The van der Waals surface area contributed by atoms with E-state index in [-0.39, 0.29) is 32.2 Å². The molecule has 1 saturated heterocycles. The molecule has 2 rings (SSSR count). The zero-order valence-corrected chi connectivity index (χ0v) is 18.3. The van der Waals surface area contributed by atoms with Crippen molar-refractivity contribution in [1.29, 1.82) is 0 Å². The van der Waals surface area contributed by atoms with Crippen LogP contribution in [0.2, 0.25) is 0 Å². The fourth-order valence-corrected chi connectivity index (χ4v) is 3.71. The molecule has 2 heterocycles. The molecule has 5 atom stereocenters. The van der Waals surface area contributed by atoms with Crippen LogP contribution in [0.5, 0.6) is 0 Å². The van der Waals surface area contributed by atoms with Crippen molar-refractivity contribution in [1.82, 2.24) is 9.55 Å². The Hall–Kier alpha value is -2.24. The van der Waals surface area contributed by atoms with E-state index in [2.05, 4.69) is 0 Å². The van der Waals surface area contributed by atoms with Crippen LogP contribution in [0.1, 0.15) is 39.8 Å². The molecule has 1 aromatic heterocycles. The normalized spacial score (nSPS) is 23.7.